The molecule has 94 valence electrons. The topological polar surface area (TPSA) is 26.0 Å². The largest absolute Gasteiger partial charge is 0.327 e. The predicted molar refractivity (Wildman–Crippen MR) is 69.7 cm³/mol. The Labute approximate surface area is 107 Å². The van der Waals surface area contributed by atoms with E-state index in [1.807, 2.05) is 0 Å². The van der Waals surface area contributed by atoms with E-state index in [1.54, 1.807) is 12.1 Å². The maximum atomic E-state index is 13.5. The smallest absolute Gasteiger partial charge is 0.126 e. The summed E-state index contributed by atoms with van der Waals surface area (Å²) in [6.45, 7) is 0. The number of rotatable bonds is 4. The molecule has 17 heavy (non-hydrogen) atoms. The van der Waals surface area contributed by atoms with Gasteiger partial charge in [0, 0.05) is 11.1 Å². The van der Waals surface area contributed by atoms with Gasteiger partial charge >= 0.3 is 0 Å². The monoisotopic (exact) mass is 255 g/mol. The first-order valence-corrected chi connectivity index (χ1v) is 6.72. The van der Waals surface area contributed by atoms with Crippen molar-refractivity contribution >= 4 is 11.6 Å². The summed E-state index contributed by atoms with van der Waals surface area (Å²) in [6, 6.07) is 4.72. The lowest BCUT2D eigenvalue weighted by Gasteiger charge is -2.16. The standard InChI is InChI=1S/C14H19ClFN/c15-12-5-6-14(16)11(8-12)9-13(17)7-10-3-1-2-4-10/h5-6,8,10,13H,1-4,7,9,17H2. The van der Waals surface area contributed by atoms with Crippen molar-refractivity contribution in [1.29, 1.82) is 0 Å². The van der Waals surface area contributed by atoms with E-state index < -0.39 is 0 Å². The molecule has 0 radical (unpaired) electrons. The van der Waals surface area contributed by atoms with Gasteiger partial charge in [-0.05, 0) is 42.5 Å². The van der Waals surface area contributed by atoms with Crippen LogP contribution in [0.15, 0.2) is 18.2 Å². The van der Waals surface area contributed by atoms with Gasteiger partial charge in [0.2, 0.25) is 0 Å². The van der Waals surface area contributed by atoms with E-state index in [9.17, 15) is 4.39 Å². The van der Waals surface area contributed by atoms with Gasteiger partial charge in [0.1, 0.15) is 5.82 Å². The van der Waals surface area contributed by atoms with Crippen molar-refractivity contribution in [2.45, 2.75) is 44.6 Å². The molecule has 1 fully saturated rings. The van der Waals surface area contributed by atoms with Crippen LogP contribution in [0.25, 0.3) is 0 Å². The van der Waals surface area contributed by atoms with E-state index in [1.165, 1.54) is 31.7 Å². The first-order chi connectivity index (χ1) is 8.15. The van der Waals surface area contributed by atoms with Crippen LogP contribution in [-0.4, -0.2) is 6.04 Å². The quantitative estimate of drug-likeness (QED) is 0.867. The van der Waals surface area contributed by atoms with Crippen LogP contribution >= 0.6 is 11.6 Å². The molecule has 0 spiro atoms. The number of benzene rings is 1. The second-order valence-electron chi connectivity index (χ2n) is 5.09. The zero-order valence-corrected chi connectivity index (χ0v) is 10.7. The predicted octanol–water partition coefficient (Wildman–Crippen LogP) is 3.93. The Bertz CT molecular complexity index is 374. The summed E-state index contributed by atoms with van der Waals surface area (Å²) in [4.78, 5) is 0. The summed E-state index contributed by atoms with van der Waals surface area (Å²) in [5.41, 5.74) is 6.74. The number of halogens is 2. The van der Waals surface area contributed by atoms with E-state index in [2.05, 4.69) is 0 Å². The van der Waals surface area contributed by atoms with Gasteiger partial charge in [0.15, 0.2) is 0 Å². The summed E-state index contributed by atoms with van der Waals surface area (Å²) in [6.07, 6.45) is 6.80. The summed E-state index contributed by atoms with van der Waals surface area (Å²) in [7, 11) is 0. The van der Waals surface area contributed by atoms with Crippen molar-refractivity contribution < 1.29 is 4.39 Å². The first kappa shape index (κ1) is 12.8. The van der Waals surface area contributed by atoms with E-state index in [-0.39, 0.29) is 11.9 Å². The van der Waals surface area contributed by atoms with E-state index >= 15 is 0 Å². The van der Waals surface area contributed by atoms with Crippen LogP contribution in [0, 0.1) is 11.7 Å². The molecule has 0 amide bonds. The van der Waals surface area contributed by atoms with Gasteiger partial charge in [-0.15, -0.1) is 0 Å². The van der Waals surface area contributed by atoms with Gasteiger partial charge in [-0.25, -0.2) is 4.39 Å². The van der Waals surface area contributed by atoms with Gasteiger partial charge < -0.3 is 5.73 Å². The first-order valence-electron chi connectivity index (χ1n) is 6.34. The van der Waals surface area contributed by atoms with Crippen molar-refractivity contribution in [2.24, 2.45) is 11.7 Å². The second kappa shape index (κ2) is 5.83. The van der Waals surface area contributed by atoms with Crippen LogP contribution in [0.1, 0.15) is 37.7 Å². The summed E-state index contributed by atoms with van der Waals surface area (Å²) >= 11 is 5.86. The van der Waals surface area contributed by atoms with Gasteiger partial charge in [-0.2, -0.15) is 0 Å². The van der Waals surface area contributed by atoms with Gasteiger partial charge in [-0.3, -0.25) is 0 Å². The summed E-state index contributed by atoms with van der Waals surface area (Å²) in [5.74, 6) is 0.545. The van der Waals surface area contributed by atoms with E-state index in [4.69, 9.17) is 17.3 Å². The van der Waals surface area contributed by atoms with Crippen LogP contribution in [-0.2, 0) is 6.42 Å². The van der Waals surface area contributed by atoms with Gasteiger partial charge in [0.05, 0.1) is 0 Å². The molecule has 0 bridgehead atoms. The highest BCUT2D eigenvalue weighted by Crippen LogP contribution is 2.29. The molecule has 1 unspecified atom stereocenters. The molecular weight excluding hydrogens is 237 g/mol. The Morgan fingerprint density at radius 2 is 2.06 bits per heavy atom. The van der Waals surface area contributed by atoms with Crippen molar-refractivity contribution in [3.05, 3.63) is 34.6 Å². The minimum absolute atomic E-state index is 0.0473. The Kier molecular flexibility index (Phi) is 4.41. The number of hydrogen-bond donors (Lipinski definition) is 1. The summed E-state index contributed by atoms with van der Waals surface area (Å²) in [5, 5.41) is 0.578. The van der Waals surface area contributed by atoms with Crippen molar-refractivity contribution in [3.8, 4) is 0 Å². The minimum Gasteiger partial charge on any atom is -0.327 e. The number of nitrogens with two attached hydrogens (primary N) is 1. The zero-order valence-electron chi connectivity index (χ0n) is 9.96. The molecule has 0 aromatic heterocycles. The molecule has 2 rings (SSSR count). The zero-order chi connectivity index (χ0) is 12.3. The van der Waals surface area contributed by atoms with E-state index in [0.717, 1.165) is 12.3 Å². The maximum absolute atomic E-state index is 13.5. The fourth-order valence-electron chi connectivity index (χ4n) is 2.74. The Hall–Kier alpha value is -0.600. The molecule has 0 heterocycles. The normalized spacial score (nSPS) is 18.5. The van der Waals surface area contributed by atoms with Crippen LogP contribution < -0.4 is 5.73 Å². The van der Waals surface area contributed by atoms with Crippen molar-refractivity contribution in [2.75, 3.05) is 0 Å². The lowest BCUT2D eigenvalue weighted by atomic mass is 9.94. The van der Waals surface area contributed by atoms with E-state index in [0.29, 0.717) is 17.0 Å². The molecule has 1 saturated carbocycles. The third-order valence-corrected chi connectivity index (χ3v) is 3.84. The molecule has 1 atom stereocenters. The Morgan fingerprint density at radius 1 is 1.35 bits per heavy atom. The highest BCUT2D eigenvalue weighted by molar-refractivity contribution is 6.30. The highest BCUT2D eigenvalue weighted by Gasteiger charge is 2.19. The van der Waals surface area contributed by atoms with Gasteiger partial charge in [0.25, 0.3) is 0 Å². The van der Waals surface area contributed by atoms with Crippen molar-refractivity contribution in [1.82, 2.24) is 0 Å². The second-order valence-corrected chi connectivity index (χ2v) is 5.52. The molecule has 2 N–H and O–H groups in total. The maximum Gasteiger partial charge on any atom is 0.126 e. The molecule has 1 aromatic carbocycles. The average molecular weight is 256 g/mol. The molecule has 1 aliphatic rings. The molecule has 1 aromatic rings. The highest BCUT2D eigenvalue weighted by atomic mass is 35.5. The number of hydrogen-bond acceptors (Lipinski definition) is 1. The van der Waals surface area contributed by atoms with Crippen LogP contribution in [0.5, 0.6) is 0 Å². The van der Waals surface area contributed by atoms with Crippen LogP contribution in [0.4, 0.5) is 4.39 Å². The fraction of sp³-hybridized carbons (Fsp3) is 0.571. The molecule has 1 aliphatic carbocycles. The molecular formula is C14H19ClFN. The average Bonchev–Trinajstić information content (AvgIpc) is 2.76. The van der Waals surface area contributed by atoms with Crippen LogP contribution in [0.2, 0.25) is 5.02 Å². The van der Waals surface area contributed by atoms with Gasteiger partial charge in [-0.1, -0.05) is 37.3 Å². The Morgan fingerprint density at radius 3 is 2.76 bits per heavy atom. The van der Waals surface area contributed by atoms with Crippen LogP contribution in [0.3, 0.4) is 0 Å². The minimum atomic E-state index is -0.198. The lowest BCUT2D eigenvalue weighted by Crippen LogP contribution is -2.25. The fourth-order valence-corrected chi connectivity index (χ4v) is 2.93. The molecule has 3 heteroatoms. The Balaban J connectivity index is 1.92. The summed E-state index contributed by atoms with van der Waals surface area (Å²) < 4.78 is 13.5. The lowest BCUT2D eigenvalue weighted by molar-refractivity contribution is 0.436. The third kappa shape index (κ3) is 3.68. The molecule has 1 nitrogen and oxygen atoms in total. The third-order valence-electron chi connectivity index (χ3n) is 3.60. The molecule has 0 aliphatic heterocycles. The van der Waals surface area contributed by atoms with Crippen molar-refractivity contribution in [3.63, 3.8) is 0 Å². The molecule has 0 saturated heterocycles. The SMILES string of the molecule is NC(Cc1cc(Cl)ccc1F)CC1CCCC1.